The van der Waals surface area contributed by atoms with Gasteiger partial charge in [-0.3, -0.25) is 9.98 Å². The average molecular weight is 538 g/mol. The van der Waals surface area contributed by atoms with Gasteiger partial charge in [0.1, 0.15) is 11.7 Å². The summed E-state index contributed by atoms with van der Waals surface area (Å²) in [6, 6.07) is 5.82. The molecule has 0 saturated carbocycles. The lowest BCUT2D eigenvalue weighted by Crippen LogP contribution is -2.33. The number of aliphatic imine (C=N–C) groups is 2. The van der Waals surface area contributed by atoms with Crippen molar-refractivity contribution in [3.05, 3.63) is 81.5 Å². The highest BCUT2D eigenvalue weighted by Gasteiger charge is 2.33. The van der Waals surface area contributed by atoms with E-state index in [9.17, 15) is 8.78 Å². The van der Waals surface area contributed by atoms with E-state index in [1.165, 1.54) is 37.3 Å². The highest BCUT2D eigenvalue weighted by atomic mass is 35.5. The van der Waals surface area contributed by atoms with Crippen LogP contribution in [0.5, 0.6) is 0 Å². The van der Waals surface area contributed by atoms with Gasteiger partial charge in [0.2, 0.25) is 0 Å². The Morgan fingerprint density at radius 3 is 2.39 bits per heavy atom. The Kier molecular flexibility index (Phi) is 17.9. The summed E-state index contributed by atoms with van der Waals surface area (Å²) in [6.07, 6.45) is 6.57. The van der Waals surface area contributed by atoms with Crippen LogP contribution in [0, 0.1) is 11.7 Å². The van der Waals surface area contributed by atoms with E-state index in [4.69, 9.17) is 16.6 Å². The molecule has 3 rings (SSSR count). The number of hydrogen-bond acceptors (Lipinski definition) is 4. The van der Waals surface area contributed by atoms with Gasteiger partial charge in [-0.2, -0.15) is 0 Å². The van der Waals surface area contributed by atoms with Crippen LogP contribution in [0.4, 0.5) is 8.78 Å². The van der Waals surface area contributed by atoms with E-state index in [2.05, 4.69) is 34.9 Å². The summed E-state index contributed by atoms with van der Waals surface area (Å²) in [5.74, 6) is 1.37. The number of hydrogen-bond donors (Lipinski definition) is 0. The fourth-order valence-corrected chi connectivity index (χ4v) is 4.11. The number of fused-ring (bicyclic) bond motifs is 1. The van der Waals surface area contributed by atoms with Gasteiger partial charge in [-0.1, -0.05) is 68.9 Å². The maximum absolute atomic E-state index is 12.1. The van der Waals surface area contributed by atoms with Crippen LogP contribution in [0.15, 0.2) is 80.6 Å². The van der Waals surface area contributed by atoms with Gasteiger partial charge in [0.05, 0.1) is 18.4 Å². The first-order chi connectivity index (χ1) is 17.1. The predicted octanol–water partition coefficient (Wildman–Crippen LogP) is 9.29. The SMILES string of the molecule is C=C(S/C=C\C)C1=NCC(C(/C=C\C)=NC)=C2CC(C)CN12.CC.CC(C)F.Fc1cccc(Cl)c1. The Labute approximate surface area is 226 Å². The van der Waals surface area contributed by atoms with Crippen LogP contribution in [0.1, 0.15) is 54.9 Å². The molecular weight excluding hydrogens is 496 g/mol. The maximum Gasteiger partial charge on any atom is 0.141 e. The summed E-state index contributed by atoms with van der Waals surface area (Å²) in [5.41, 5.74) is 3.68. The van der Waals surface area contributed by atoms with E-state index < -0.39 is 6.17 Å². The highest BCUT2D eigenvalue weighted by Crippen LogP contribution is 2.35. The highest BCUT2D eigenvalue weighted by molar-refractivity contribution is 8.06. The lowest BCUT2D eigenvalue weighted by molar-refractivity contribution is 0.391. The topological polar surface area (TPSA) is 28.0 Å². The molecule has 36 heavy (non-hydrogen) atoms. The minimum absolute atomic E-state index is 0.294. The van der Waals surface area contributed by atoms with Crippen molar-refractivity contribution in [1.29, 1.82) is 0 Å². The number of amidine groups is 1. The molecule has 0 aliphatic carbocycles. The Bertz CT molecular complexity index is 945. The van der Waals surface area contributed by atoms with E-state index >= 15 is 0 Å². The third-order valence-corrected chi connectivity index (χ3v) is 5.72. The van der Waals surface area contributed by atoms with Gasteiger partial charge in [-0.05, 0) is 69.7 Å². The molecule has 1 saturated heterocycles. The fourth-order valence-electron chi connectivity index (χ4n) is 3.36. The fraction of sp³-hybridized carbons (Fsp3) is 0.448. The van der Waals surface area contributed by atoms with Crippen molar-refractivity contribution in [2.24, 2.45) is 15.9 Å². The first-order valence-corrected chi connectivity index (χ1v) is 13.6. The monoisotopic (exact) mass is 537 g/mol. The maximum atomic E-state index is 12.1. The zero-order chi connectivity index (χ0) is 27.7. The molecule has 0 N–H and O–H groups in total. The van der Waals surface area contributed by atoms with Gasteiger partial charge in [0.15, 0.2) is 0 Å². The molecule has 2 aliphatic heterocycles. The number of alkyl halides is 1. The van der Waals surface area contributed by atoms with Gasteiger partial charge < -0.3 is 4.90 Å². The van der Waals surface area contributed by atoms with Crippen LogP contribution in [0.3, 0.4) is 0 Å². The molecule has 3 nitrogen and oxygen atoms in total. The van der Waals surface area contributed by atoms with Crippen LogP contribution < -0.4 is 0 Å². The Morgan fingerprint density at radius 2 is 1.92 bits per heavy atom. The summed E-state index contributed by atoms with van der Waals surface area (Å²) in [4.78, 5) is 12.6. The summed E-state index contributed by atoms with van der Waals surface area (Å²) in [6.45, 7) is 19.2. The van der Waals surface area contributed by atoms with Crippen LogP contribution in [-0.2, 0) is 0 Å². The van der Waals surface area contributed by atoms with Crippen molar-refractivity contribution in [1.82, 2.24) is 4.90 Å². The van der Waals surface area contributed by atoms with E-state index in [1.54, 1.807) is 23.9 Å². The molecule has 2 heterocycles. The smallest absolute Gasteiger partial charge is 0.141 e. The van der Waals surface area contributed by atoms with E-state index in [-0.39, 0.29) is 5.82 Å². The van der Waals surface area contributed by atoms with Gasteiger partial charge in [-0.25, -0.2) is 8.78 Å². The van der Waals surface area contributed by atoms with Gasteiger partial charge >= 0.3 is 0 Å². The van der Waals surface area contributed by atoms with Crippen molar-refractivity contribution >= 4 is 34.9 Å². The summed E-state index contributed by atoms with van der Waals surface area (Å²) in [7, 11) is 1.85. The first kappa shape index (κ1) is 33.8. The number of allylic oxidation sites excluding steroid dienone is 4. The second kappa shape index (κ2) is 19.0. The number of rotatable bonds is 5. The summed E-state index contributed by atoms with van der Waals surface area (Å²) < 4.78 is 23.1. The third-order valence-electron chi connectivity index (χ3n) is 4.61. The second-order valence-corrected chi connectivity index (χ2v) is 9.50. The van der Waals surface area contributed by atoms with Crippen molar-refractivity contribution in [3.63, 3.8) is 0 Å². The zero-order valence-corrected chi connectivity index (χ0v) is 24.6. The number of halogens is 3. The molecule has 0 spiro atoms. The van der Waals surface area contributed by atoms with E-state index in [0.29, 0.717) is 17.5 Å². The molecule has 1 atom stereocenters. The molecule has 1 aromatic carbocycles. The lowest BCUT2D eigenvalue weighted by Gasteiger charge is -2.29. The second-order valence-electron chi connectivity index (χ2n) is 8.06. The van der Waals surface area contributed by atoms with Crippen LogP contribution >= 0.6 is 23.4 Å². The normalized spacial score (nSPS) is 17.1. The van der Waals surface area contributed by atoms with Crippen molar-refractivity contribution in [2.75, 3.05) is 20.1 Å². The molecule has 1 fully saturated rings. The number of benzene rings is 1. The lowest BCUT2D eigenvalue weighted by atomic mass is 10.0. The molecule has 200 valence electrons. The molecule has 0 radical (unpaired) electrons. The molecule has 0 bridgehead atoms. The van der Waals surface area contributed by atoms with Crippen LogP contribution in [-0.4, -0.2) is 42.8 Å². The number of thioether (sulfide) groups is 1. The molecule has 0 aromatic heterocycles. The van der Waals surface area contributed by atoms with Crippen molar-refractivity contribution in [2.45, 2.75) is 61.1 Å². The Morgan fingerprint density at radius 1 is 1.28 bits per heavy atom. The Hall–Kier alpha value is -2.18. The zero-order valence-electron chi connectivity index (χ0n) is 23.0. The van der Waals surface area contributed by atoms with Crippen molar-refractivity contribution < 1.29 is 8.78 Å². The van der Waals surface area contributed by atoms with Gasteiger partial charge in [-0.15, -0.1) is 0 Å². The quantitative estimate of drug-likeness (QED) is 0.350. The first-order valence-electron chi connectivity index (χ1n) is 12.3. The van der Waals surface area contributed by atoms with Gasteiger partial charge in [0, 0.05) is 34.8 Å². The molecule has 0 amide bonds. The minimum Gasteiger partial charge on any atom is -0.329 e. The van der Waals surface area contributed by atoms with Crippen LogP contribution in [0.25, 0.3) is 0 Å². The summed E-state index contributed by atoms with van der Waals surface area (Å²) in [5, 5.41) is 2.49. The van der Waals surface area contributed by atoms with Crippen LogP contribution in [0.2, 0.25) is 5.02 Å². The Balaban J connectivity index is 0.000000718. The molecule has 2 aliphatic rings. The molecule has 1 aromatic rings. The van der Waals surface area contributed by atoms with Crippen molar-refractivity contribution in [3.8, 4) is 0 Å². The molecule has 7 heteroatoms. The predicted molar refractivity (Wildman–Crippen MR) is 159 cm³/mol. The standard InChI is InChI=1S/C18H25N3S.C6H4ClF.C3H7F.C2H6/c1-6-8-16(19-5)15-11-20-18(14(4)22-9-7-2)21-12-13(3)10-17(15)21;7-5-2-1-3-6(8)4-5;1-3(2)4;1-2/h6-9,13H,4,10-12H2,1-3,5H3;1-4H;3H,1-2H3;1-2H3/b8-6-,9-7-,19-16?;;;. The van der Waals surface area contributed by atoms with E-state index in [1.807, 2.05) is 46.9 Å². The third kappa shape index (κ3) is 12.2. The summed E-state index contributed by atoms with van der Waals surface area (Å²) >= 11 is 7.05. The minimum atomic E-state index is -0.667. The van der Waals surface area contributed by atoms with Gasteiger partial charge in [0.25, 0.3) is 0 Å². The largest absolute Gasteiger partial charge is 0.329 e. The molecular formula is C29H42ClF2N3S. The molecule has 1 unspecified atom stereocenters. The van der Waals surface area contributed by atoms with E-state index in [0.717, 1.165) is 29.4 Å². The number of nitrogens with zero attached hydrogens (tertiary/aromatic N) is 3. The average Bonchev–Trinajstić information content (AvgIpc) is 3.23.